The van der Waals surface area contributed by atoms with Crippen LogP contribution in [0.15, 0.2) is 80.6 Å². The number of fused-ring (bicyclic) bond motifs is 2. The fraction of sp³-hybridized carbons (Fsp3) is 0.241. The van der Waals surface area contributed by atoms with E-state index >= 15 is 0 Å². The molecular weight excluding hydrogens is 637 g/mol. The van der Waals surface area contributed by atoms with Gasteiger partial charge in [-0.15, -0.1) is 16.9 Å². The fourth-order valence-electron chi connectivity index (χ4n) is 5.19. The second-order valence-corrected chi connectivity index (χ2v) is 12.3. The summed E-state index contributed by atoms with van der Waals surface area (Å²) in [5, 5.41) is 21.0. The number of β-lactam (4-membered cyclic amide) rings is 1. The number of aromatic nitrogens is 5. The minimum absolute atomic E-state index is 0.0123. The first-order chi connectivity index (χ1) is 22.2. The van der Waals surface area contributed by atoms with Gasteiger partial charge in [0, 0.05) is 18.1 Å². The summed E-state index contributed by atoms with van der Waals surface area (Å²) in [6, 6.07) is 13.4. The standard InChI is InChI=1S/C29H26N8O7S2/c1-2-36-26(42)24(40)34-35-29(36)46-13-15-12-45-27-19(25(41)37(27)20(15)28(43)44)33-22(38)18(14-8-4-3-5-9-14)32-23(39)21-30-16-10-6-7-11-17(16)31-21/h3-11,18-19,27H,2,12-13H2,1H3,(H,30,31)(H,32,39)(H,33,38)(H,34,40)(H,43,44)/t18?,19?,27-/m0/s1. The molecule has 0 spiro atoms. The van der Waals surface area contributed by atoms with Crippen molar-refractivity contribution >= 4 is 58.2 Å². The zero-order valence-corrected chi connectivity index (χ0v) is 25.7. The van der Waals surface area contributed by atoms with Crippen LogP contribution in [-0.2, 0) is 20.9 Å². The lowest BCUT2D eigenvalue weighted by atomic mass is 10.0. The minimum Gasteiger partial charge on any atom is -0.477 e. The van der Waals surface area contributed by atoms with Crippen LogP contribution in [0.2, 0.25) is 0 Å². The van der Waals surface area contributed by atoms with Gasteiger partial charge in [0.05, 0.1) is 11.0 Å². The average Bonchev–Trinajstić information content (AvgIpc) is 3.51. The molecule has 17 heteroatoms. The van der Waals surface area contributed by atoms with Gasteiger partial charge < -0.3 is 20.7 Å². The lowest BCUT2D eigenvalue weighted by molar-refractivity contribution is -0.151. The zero-order chi connectivity index (χ0) is 32.5. The van der Waals surface area contributed by atoms with Crippen molar-refractivity contribution in [2.24, 2.45) is 0 Å². The molecule has 3 atom stereocenters. The molecule has 1 saturated heterocycles. The Bertz CT molecular complexity index is 1990. The Balaban J connectivity index is 1.19. The molecule has 0 saturated carbocycles. The molecule has 5 N–H and O–H groups in total. The summed E-state index contributed by atoms with van der Waals surface area (Å²) in [7, 11) is 0. The Kier molecular flexibility index (Phi) is 8.50. The number of aromatic amines is 2. The van der Waals surface area contributed by atoms with Crippen molar-refractivity contribution in [2.75, 3.05) is 11.5 Å². The molecule has 4 heterocycles. The van der Waals surface area contributed by atoms with E-state index < -0.39 is 52.3 Å². The monoisotopic (exact) mass is 662 g/mol. The highest BCUT2D eigenvalue weighted by Gasteiger charge is 2.54. The van der Waals surface area contributed by atoms with Gasteiger partial charge in [0.25, 0.3) is 11.8 Å². The van der Waals surface area contributed by atoms with E-state index in [1.54, 1.807) is 61.5 Å². The molecule has 4 aromatic rings. The summed E-state index contributed by atoms with van der Waals surface area (Å²) in [4.78, 5) is 84.7. The first-order valence-electron chi connectivity index (χ1n) is 14.0. The van der Waals surface area contributed by atoms with Crippen LogP contribution in [0.25, 0.3) is 11.0 Å². The number of amides is 3. The van der Waals surface area contributed by atoms with Gasteiger partial charge in [-0.1, -0.05) is 54.2 Å². The number of carboxylic acid groups (broad SMARTS) is 1. The van der Waals surface area contributed by atoms with Gasteiger partial charge in [-0.3, -0.25) is 33.4 Å². The molecule has 3 amide bonds. The first-order valence-corrected chi connectivity index (χ1v) is 16.0. The van der Waals surface area contributed by atoms with E-state index in [4.69, 9.17) is 0 Å². The molecule has 2 aromatic carbocycles. The van der Waals surface area contributed by atoms with Crippen LogP contribution in [0, 0.1) is 0 Å². The van der Waals surface area contributed by atoms with Crippen molar-refractivity contribution in [3.63, 3.8) is 0 Å². The van der Waals surface area contributed by atoms with E-state index in [9.17, 15) is 33.9 Å². The number of carboxylic acids is 1. The van der Waals surface area contributed by atoms with Crippen molar-refractivity contribution in [3.8, 4) is 0 Å². The minimum atomic E-state index is -1.32. The van der Waals surface area contributed by atoms with Crippen LogP contribution in [0.3, 0.4) is 0 Å². The van der Waals surface area contributed by atoms with Crippen molar-refractivity contribution in [2.45, 2.75) is 36.1 Å². The van der Waals surface area contributed by atoms with E-state index in [0.717, 1.165) is 16.7 Å². The number of H-pyrrole nitrogens is 2. The molecule has 2 aromatic heterocycles. The van der Waals surface area contributed by atoms with Gasteiger partial charge in [-0.25, -0.2) is 14.9 Å². The van der Waals surface area contributed by atoms with E-state index in [1.807, 2.05) is 0 Å². The summed E-state index contributed by atoms with van der Waals surface area (Å²) in [6.07, 6.45) is 0. The Morgan fingerprint density at radius 2 is 1.85 bits per heavy atom. The molecule has 46 heavy (non-hydrogen) atoms. The Morgan fingerprint density at radius 1 is 1.11 bits per heavy atom. The molecule has 0 bridgehead atoms. The van der Waals surface area contributed by atoms with Gasteiger partial charge in [0.2, 0.25) is 5.91 Å². The third-order valence-electron chi connectivity index (χ3n) is 7.44. The summed E-state index contributed by atoms with van der Waals surface area (Å²) >= 11 is 2.33. The SMILES string of the molecule is CCn1c(SCC2=C(C(=O)O)N3C(=O)C(NC(=O)C(NC(=O)c4nc5ccccc5[nH]4)c4ccccc4)[C@@H]3SC2)n[nH]c(=O)c1=O. The van der Waals surface area contributed by atoms with E-state index in [-0.39, 0.29) is 34.7 Å². The van der Waals surface area contributed by atoms with Gasteiger partial charge in [0.15, 0.2) is 11.0 Å². The maximum atomic E-state index is 13.6. The van der Waals surface area contributed by atoms with Crippen LogP contribution in [0.1, 0.15) is 29.1 Å². The Morgan fingerprint density at radius 3 is 2.57 bits per heavy atom. The summed E-state index contributed by atoms with van der Waals surface area (Å²) < 4.78 is 1.18. The largest absolute Gasteiger partial charge is 0.477 e. The molecule has 1 fully saturated rings. The van der Waals surface area contributed by atoms with Gasteiger partial charge >= 0.3 is 17.1 Å². The van der Waals surface area contributed by atoms with Crippen molar-refractivity contribution in [1.82, 2.24) is 40.3 Å². The smallest absolute Gasteiger partial charge is 0.352 e. The summed E-state index contributed by atoms with van der Waals surface area (Å²) in [5.74, 6) is -2.89. The van der Waals surface area contributed by atoms with Crippen molar-refractivity contribution in [1.29, 1.82) is 0 Å². The topological polar surface area (TPSA) is 212 Å². The molecule has 0 radical (unpaired) electrons. The van der Waals surface area contributed by atoms with E-state index in [0.29, 0.717) is 22.2 Å². The first kappa shape index (κ1) is 30.8. The number of hydrogen-bond donors (Lipinski definition) is 5. The predicted molar refractivity (Wildman–Crippen MR) is 168 cm³/mol. The number of carbonyl (C=O) groups excluding carboxylic acids is 3. The number of imidazole rings is 1. The zero-order valence-electron chi connectivity index (χ0n) is 24.1. The molecule has 2 unspecified atom stereocenters. The molecule has 2 aliphatic heterocycles. The van der Waals surface area contributed by atoms with Gasteiger partial charge in [0.1, 0.15) is 23.2 Å². The summed E-state index contributed by atoms with van der Waals surface area (Å²) in [6.45, 7) is 1.86. The Labute approximate surface area is 267 Å². The third-order valence-corrected chi connectivity index (χ3v) is 9.84. The van der Waals surface area contributed by atoms with Crippen LogP contribution < -0.4 is 21.8 Å². The number of benzene rings is 2. The predicted octanol–water partition coefficient (Wildman–Crippen LogP) is 0.830. The van der Waals surface area contributed by atoms with Crippen molar-refractivity contribution < 1.29 is 24.3 Å². The number of nitrogens with zero attached hydrogens (tertiary/aromatic N) is 4. The number of hydrogen-bond acceptors (Lipinski definition) is 10. The molecule has 0 aliphatic carbocycles. The summed E-state index contributed by atoms with van der Waals surface area (Å²) in [5.41, 5.74) is 0.270. The number of carbonyl (C=O) groups is 4. The number of aliphatic carboxylic acids is 1. The maximum absolute atomic E-state index is 13.6. The average molecular weight is 663 g/mol. The molecule has 6 rings (SSSR count). The van der Waals surface area contributed by atoms with E-state index in [2.05, 4.69) is 30.8 Å². The Hall–Kier alpha value is -5.16. The van der Waals surface area contributed by atoms with Crippen LogP contribution in [0.5, 0.6) is 0 Å². The van der Waals surface area contributed by atoms with Gasteiger partial charge in [-0.2, -0.15) is 0 Å². The van der Waals surface area contributed by atoms with Crippen LogP contribution in [-0.4, -0.2) is 81.4 Å². The second-order valence-electron chi connectivity index (χ2n) is 10.2. The van der Waals surface area contributed by atoms with Crippen LogP contribution in [0.4, 0.5) is 0 Å². The normalized spacial score (nSPS) is 18.1. The fourth-order valence-corrected chi connectivity index (χ4v) is 7.69. The number of para-hydroxylation sites is 2. The quantitative estimate of drug-likeness (QED) is 0.0912. The number of nitrogens with one attached hydrogen (secondary N) is 4. The second kappa shape index (κ2) is 12.7. The number of thioether (sulfide) groups is 2. The van der Waals surface area contributed by atoms with Crippen molar-refractivity contribution in [3.05, 3.63) is 98.0 Å². The molecule has 2 aliphatic rings. The van der Waals surface area contributed by atoms with E-state index in [1.165, 1.54) is 16.3 Å². The lowest BCUT2D eigenvalue weighted by Crippen LogP contribution is -2.71. The van der Waals surface area contributed by atoms with Gasteiger partial charge in [-0.05, 0) is 30.2 Å². The lowest BCUT2D eigenvalue weighted by Gasteiger charge is -2.49. The maximum Gasteiger partial charge on any atom is 0.352 e. The van der Waals surface area contributed by atoms with Crippen LogP contribution >= 0.6 is 23.5 Å². The highest BCUT2D eigenvalue weighted by atomic mass is 32.2. The highest BCUT2D eigenvalue weighted by Crippen LogP contribution is 2.41. The third kappa shape index (κ3) is 5.69. The molecule has 236 valence electrons. The highest BCUT2D eigenvalue weighted by molar-refractivity contribution is 8.01. The molecular formula is C29H26N8O7S2. The molecule has 15 nitrogen and oxygen atoms in total. The number of rotatable bonds is 10.